The summed E-state index contributed by atoms with van der Waals surface area (Å²) in [6.07, 6.45) is -0.879. The van der Waals surface area contributed by atoms with Gasteiger partial charge in [0.15, 0.2) is 5.65 Å². The lowest BCUT2D eigenvalue weighted by Gasteiger charge is -2.31. The molecule has 0 amide bonds. The van der Waals surface area contributed by atoms with Crippen molar-refractivity contribution >= 4 is 22.8 Å². The van der Waals surface area contributed by atoms with Crippen LogP contribution in [0.2, 0.25) is 0 Å². The number of fused-ring (bicyclic) bond motifs is 1. The van der Waals surface area contributed by atoms with E-state index in [9.17, 15) is 8.78 Å². The summed E-state index contributed by atoms with van der Waals surface area (Å²) in [5, 5.41) is 14.8. The standard InChI is InChI=1S/C21H20F2N6OS/c1-30-16-5-3-2-4-14(16)15-12-31-21(24-15)13-8-10-28(11-9-13)18-7-6-17-25-26-20(19(22)23)29(17)27-18/h2-7,12-13,19H,8-11H2,1H3. The number of hydrogen-bond acceptors (Lipinski definition) is 7. The van der Waals surface area contributed by atoms with E-state index < -0.39 is 12.2 Å². The summed E-state index contributed by atoms with van der Waals surface area (Å²) in [4.78, 5) is 6.99. The molecule has 1 fully saturated rings. The van der Waals surface area contributed by atoms with Crippen LogP contribution in [-0.4, -0.2) is 45.0 Å². The maximum Gasteiger partial charge on any atom is 0.299 e. The van der Waals surface area contributed by atoms with E-state index in [0.717, 1.165) is 52.5 Å². The van der Waals surface area contributed by atoms with Gasteiger partial charge in [0, 0.05) is 30.0 Å². The molecule has 1 aliphatic rings. The first-order valence-corrected chi connectivity index (χ1v) is 10.9. The number of aromatic nitrogens is 5. The molecule has 0 spiro atoms. The third-order valence-electron chi connectivity index (χ3n) is 5.54. The molecule has 1 aromatic carbocycles. The van der Waals surface area contributed by atoms with Crippen molar-refractivity contribution < 1.29 is 13.5 Å². The number of para-hydroxylation sites is 1. The Kier molecular flexibility index (Phi) is 5.23. The molecule has 0 N–H and O–H groups in total. The molecular formula is C21H20F2N6OS. The van der Waals surface area contributed by atoms with E-state index in [1.807, 2.05) is 30.3 Å². The predicted octanol–water partition coefficient (Wildman–Crippen LogP) is 4.58. The van der Waals surface area contributed by atoms with E-state index in [-0.39, 0.29) is 0 Å². The summed E-state index contributed by atoms with van der Waals surface area (Å²) in [6, 6.07) is 11.4. The van der Waals surface area contributed by atoms with Crippen molar-refractivity contribution in [1.29, 1.82) is 0 Å². The van der Waals surface area contributed by atoms with Crippen LogP contribution in [0.1, 0.15) is 36.0 Å². The highest BCUT2D eigenvalue weighted by molar-refractivity contribution is 7.10. The second kappa shape index (κ2) is 8.18. The molecule has 0 unspecified atom stereocenters. The lowest BCUT2D eigenvalue weighted by molar-refractivity contribution is 0.137. The lowest BCUT2D eigenvalue weighted by atomic mass is 9.97. The minimum Gasteiger partial charge on any atom is -0.496 e. The molecule has 3 aromatic heterocycles. The maximum atomic E-state index is 13.1. The number of benzene rings is 1. The molecular weight excluding hydrogens is 422 g/mol. The molecule has 5 rings (SSSR count). The molecule has 0 saturated carbocycles. The Morgan fingerprint density at radius 1 is 1.10 bits per heavy atom. The minimum absolute atomic E-state index is 0.320. The highest BCUT2D eigenvalue weighted by Gasteiger charge is 2.25. The van der Waals surface area contributed by atoms with Gasteiger partial charge in [0.25, 0.3) is 6.43 Å². The van der Waals surface area contributed by atoms with Gasteiger partial charge in [-0.15, -0.1) is 26.6 Å². The Morgan fingerprint density at radius 3 is 2.68 bits per heavy atom. The Balaban J connectivity index is 1.30. The highest BCUT2D eigenvalue weighted by Crippen LogP contribution is 2.36. The molecule has 10 heteroatoms. The molecule has 0 aliphatic carbocycles. The van der Waals surface area contributed by atoms with E-state index >= 15 is 0 Å². The fourth-order valence-corrected chi connectivity index (χ4v) is 4.90. The van der Waals surface area contributed by atoms with Gasteiger partial charge in [0.2, 0.25) is 5.82 Å². The van der Waals surface area contributed by atoms with Crippen LogP contribution in [0.4, 0.5) is 14.6 Å². The van der Waals surface area contributed by atoms with Crippen molar-refractivity contribution in [1.82, 2.24) is 24.8 Å². The maximum absolute atomic E-state index is 13.1. The number of alkyl halides is 2. The van der Waals surface area contributed by atoms with Gasteiger partial charge in [-0.05, 0) is 37.1 Å². The molecule has 4 aromatic rings. The number of hydrogen-bond donors (Lipinski definition) is 0. The first-order chi connectivity index (χ1) is 15.1. The smallest absolute Gasteiger partial charge is 0.299 e. The molecule has 31 heavy (non-hydrogen) atoms. The quantitative estimate of drug-likeness (QED) is 0.451. The summed E-state index contributed by atoms with van der Waals surface area (Å²) in [5.41, 5.74) is 2.24. The molecule has 160 valence electrons. The zero-order valence-corrected chi connectivity index (χ0v) is 17.6. The van der Waals surface area contributed by atoms with Crippen molar-refractivity contribution in [2.75, 3.05) is 25.1 Å². The van der Waals surface area contributed by atoms with Gasteiger partial charge in [0.1, 0.15) is 11.6 Å². The fraction of sp³-hybridized carbons (Fsp3) is 0.333. The Hall–Kier alpha value is -3.14. The van der Waals surface area contributed by atoms with Gasteiger partial charge < -0.3 is 9.64 Å². The third-order valence-corrected chi connectivity index (χ3v) is 6.55. The van der Waals surface area contributed by atoms with Crippen molar-refractivity contribution in [2.24, 2.45) is 0 Å². The van der Waals surface area contributed by atoms with Gasteiger partial charge in [-0.2, -0.15) is 4.52 Å². The Labute approximate surface area is 181 Å². The van der Waals surface area contributed by atoms with Crippen LogP contribution in [0.3, 0.4) is 0 Å². The van der Waals surface area contributed by atoms with E-state index in [1.165, 1.54) is 0 Å². The number of rotatable bonds is 5. The Bertz CT molecular complexity index is 1200. The van der Waals surface area contributed by atoms with Crippen LogP contribution >= 0.6 is 11.3 Å². The Morgan fingerprint density at radius 2 is 1.90 bits per heavy atom. The number of piperidine rings is 1. The lowest BCUT2D eigenvalue weighted by Crippen LogP contribution is -2.33. The second-order valence-corrected chi connectivity index (χ2v) is 8.24. The van der Waals surface area contributed by atoms with Crippen LogP contribution in [0.25, 0.3) is 16.9 Å². The number of methoxy groups -OCH3 is 1. The molecule has 0 radical (unpaired) electrons. The van der Waals surface area contributed by atoms with E-state index in [0.29, 0.717) is 17.4 Å². The molecule has 7 nitrogen and oxygen atoms in total. The van der Waals surface area contributed by atoms with E-state index in [1.54, 1.807) is 24.5 Å². The van der Waals surface area contributed by atoms with Gasteiger partial charge in [-0.1, -0.05) is 12.1 Å². The van der Waals surface area contributed by atoms with Crippen LogP contribution in [0, 0.1) is 0 Å². The number of thiazole rings is 1. The monoisotopic (exact) mass is 442 g/mol. The second-order valence-electron chi connectivity index (χ2n) is 7.35. The summed E-state index contributed by atoms with van der Waals surface area (Å²) in [5.74, 6) is 1.40. The molecule has 1 aliphatic heterocycles. The van der Waals surface area contributed by atoms with Crippen molar-refractivity contribution in [2.45, 2.75) is 25.2 Å². The molecule has 0 bridgehead atoms. The van der Waals surface area contributed by atoms with E-state index in [4.69, 9.17) is 9.72 Å². The first-order valence-electron chi connectivity index (χ1n) is 9.98. The van der Waals surface area contributed by atoms with Crippen LogP contribution < -0.4 is 9.64 Å². The van der Waals surface area contributed by atoms with Gasteiger partial charge in [-0.3, -0.25) is 0 Å². The normalized spacial score (nSPS) is 15.2. The highest BCUT2D eigenvalue weighted by atomic mass is 32.1. The van der Waals surface area contributed by atoms with Gasteiger partial charge in [-0.25, -0.2) is 13.8 Å². The van der Waals surface area contributed by atoms with Crippen molar-refractivity contribution in [3.05, 3.63) is 52.6 Å². The molecule has 1 saturated heterocycles. The van der Waals surface area contributed by atoms with Gasteiger partial charge >= 0.3 is 0 Å². The van der Waals surface area contributed by atoms with Crippen molar-refractivity contribution in [3.8, 4) is 17.0 Å². The van der Waals surface area contributed by atoms with E-state index in [2.05, 4.69) is 25.6 Å². The van der Waals surface area contributed by atoms with Crippen molar-refractivity contribution in [3.63, 3.8) is 0 Å². The average Bonchev–Trinajstić information content (AvgIpc) is 3.46. The topological polar surface area (TPSA) is 68.4 Å². The molecule has 0 atom stereocenters. The SMILES string of the molecule is COc1ccccc1-c1csc(C2CCN(c3ccc4nnc(C(F)F)n4n3)CC2)n1. The first kappa shape index (κ1) is 19.8. The number of nitrogens with zero attached hydrogens (tertiary/aromatic N) is 6. The average molecular weight is 442 g/mol. The van der Waals surface area contributed by atoms with Crippen LogP contribution in [0.15, 0.2) is 41.8 Å². The summed E-state index contributed by atoms with van der Waals surface area (Å²) in [6.45, 7) is 1.55. The third kappa shape index (κ3) is 3.71. The number of ether oxygens (including phenoxy) is 1. The van der Waals surface area contributed by atoms with Crippen LogP contribution in [0.5, 0.6) is 5.75 Å². The van der Waals surface area contributed by atoms with Crippen LogP contribution in [-0.2, 0) is 0 Å². The largest absolute Gasteiger partial charge is 0.496 e. The summed E-state index contributed by atoms with van der Waals surface area (Å²) >= 11 is 1.67. The number of halogens is 2. The molecule has 4 heterocycles. The number of anilines is 1. The van der Waals surface area contributed by atoms with Gasteiger partial charge in [0.05, 0.1) is 17.8 Å². The summed E-state index contributed by atoms with van der Waals surface area (Å²) in [7, 11) is 1.66. The minimum atomic E-state index is -2.72. The fourth-order valence-electron chi connectivity index (χ4n) is 3.91. The zero-order chi connectivity index (χ0) is 21.4. The summed E-state index contributed by atoms with van der Waals surface area (Å²) < 4.78 is 32.8. The predicted molar refractivity (Wildman–Crippen MR) is 114 cm³/mol. The zero-order valence-electron chi connectivity index (χ0n) is 16.8.